The maximum absolute atomic E-state index is 11.4. The standard InChI is InChI=1S/C10H18O3/c1-5-12-10(13-6-2)9(11)7-8(3)4/h10H,3,5-7H2,1-2,4H3. The third-order valence-corrected chi connectivity index (χ3v) is 1.37. The van der Waals surface area contributed by atoms with Crippen molar-refractivity contribution in [3.8, 4) is 0 Å². The van der Waals surface area contributed by atoms with Crippen molar-refractivity contribution in [3.63, 3.8) is 0 Å². The lowest BCUT2D eigenvalue weighted by molar-refractivity contribution is -0.167. The summed E-state index contributed by atoms with van der Waals surface area (Å²) >= 11 is 0. The van der Waals surface area contributed by atoms with Gasteiger partial charge in [0, 0.05) is 19.6 Å². The van der Waals surface area contributed by atoms with Gasteiger partial charge in [-0.3, -0.25) is 4.79 Å². The molecule has 0 bridgehead atoms. The van der Waals surface area contributed by atoms with Crippen LogP contribution < -0.4 is 0 Å². The number of hydrogen-bond donors (Lipinski definition) is 0. The Hall–Kier alpha value is -0.670. The second kappa shape index (κ2) is 6.80. The lowest BCUT2D eigenvalue weighted by atomic mass is 10.2. The predicted octanol–water partition coefficient (Wildman–Crippen LogP) is 1.92. The maximum Gasteiger partial charge on any atom is 0.218 e. The number of Topliss-reactive ketones (excluding diaryl/α,β-unsaturated/α-hetero) is 1. The molecule has 3 nitrogen and oxygen atoms in total. The number of carbonyl (C=O) groups is 1. The third kappa shape index (κ3) is 5.55. The predicted molar refractivity (Wildman–Crippen MR) is 51.5 cm³/mol. The summed E-state index contributed by atoms with van der Waals surface area (Å²) in [5.41, 5.74) is 0.828. The molecule has 0 N–H and O–H groups in total. The summed E-state index contributed by atoms with van der Waals surface area (Å²) < 4.78 is 10.3. The van der Waals surface area contributed by atoms with Gasteiger partial charge in [0.2, 0.25) is 6.29 Å². The monoisotopic (exact) mass is 186 g/mol. The van der Waals surface area contributed by atoms with Crippen molar-refractivity contribution in [2.75, 3.05) is 13.2 Å². The summed E-state index contributed by atoms with van der Waals surface area (Å²) in [6.45, 7) is 10.1. The van der Waals surface area contributed by atoms with Crippen molar-refractivity contribution >= 4 is 5.78 Å². The summed E-state index contributed by atoms with van der Waals surface area (Å²) in [6, 6.07) is 0. The van der Waals surface area contributed by atoms with E-state index in [0.29, 0.717) is 19.6 Å². The van der Waals surface area contributed by atoms with Gasteiger partial charge in [-0.05, 0) is 20.8 Å². The van der Waals surface area contributed by atoms with Gasteiger partial charge in [0.25, 0.3) is 0 Å². The highest BCUT2D eigenvalue weighted by Gasteiger charge is 2.17. The van der Waals surface area contributed by atoms with Crippen LogP contribution >= 0.6 is 0 Å². The zero-order valence-corrected chi connectivity index (χ0v) is 8.63. The van der Waals surface area contributed by atoms with E-state index in [9.17, 15) is 4.79 Å². The zero-order valence-electron chi connectivity index (χ0n) is 8.63. The first kappa shape index (κ1) is 12.3. The molecule has 0 aliphatic rings. The average Bonchev–Trinajstić information content (AvgIpc) is 2.02. The number of rotatable bonds is 7. The zero-order chi connectivity index (χ0) is 10.3. The first-order chi connectivity index (χ1) is 6.11. The van der Waals surface area contributed by atoms with Crippen molar-refractivity contribution in [1.82, 2.24) is 0 Å². The molecule has 0 radical (unpaired) electrons. The fourth-order valence-corrected chi connectivity index (χ4v) is 0.918. The van der Waals surface area contributed by atoms with E-state index < -0.39 is 6.29 Å². The van der Waals surface area contributed by atoms with Crippen molar-refractivity contribution in [1.29, 1.82) is 0 Å². The van der Waals surface area contributed by atoms with Crippen LogP contribution in [0.3, 0.4) is 0 Å². The van der Waals surface area contributed by atoms with E-state index in [4.69, 9.17) is 9.47 Å². The van der Waals surface area contributed by atoms with Crippen molar-refractivity contribution in [2.45, 2.75) is 33.5 Å². The average molecular weight is 186 g/mol. The van der Waals surface area contributed by atoms with Crippen LogP contribution in [0.15, 0.2) is 12.2 Å². The van der Waals surface area contributed by atoms with Gasteiger partial charge in [-0.1, -0.05) is 12.2 Å². The van der Waals surface area contributed by atoms with E-state index >= 15 is 0 Å². The minimum Gasteiger partial charge on any atom is -0.346 e. The van der Waals surface area contributed by atoms with E-state index in [2.05, 4.69) is 6.58 Å². The molecule has 0 aliphatic carbocycles. The van der Waals surface area contributed by atoms with Crippen molar-refractivity contribution < 1.29 is 14.3 Å². The second-order valence-electron chi connectivity index (χ2n) is 2.84. The van der Waals surface area contributed by atoms with Gasteiger partial charge in [-0.2, -0.15) is 0 Å². The Morgan fingerprint density at radius 1 is 1.31 bits per heavy atom. The fraction of sp³-hybridized carbons (Fsp3) is 0.700. The maximum atomic E-state index is 11.4. The molecule has 13 heavy (non-hydrogen) atoms. The normalized spacial score (nSPS) is 10.5. The molecule has 0 saturated heterocycles. The fourth-order valence-electron chi connectivity index (χ4n) is 0.918. The lowest BCUT2D eigenvalue weighted by Gasteiger charge is -2.15. The van der Waals surface area contributed by atoms with Gasteiger partial charge in [0.05, 0.1) is 0 Å². The molecule has 0 aromatic rings. The smallest absolute Gasteiger partial charge is 0.218 e. The summed E-state index contributed by atoms with van der Waals surface area (Å²) in [4.78, 5) is 11.4. The Kier molecular flexibility index (Phi) is 6.45. The quantitative estimate of drug-likeness (QED) is 0.450. The van der Waals surface area contributed by atoms with E-state index in [1.54, 1.807) is 0 Å². The van der Waals surface area contributed by atoms with E-state index in [0.717, 1.165) is 5.57 Å². The molecular formula is C10H18O3. The Morgan fingerprint density at radius 3 is 2.08 bits per heavy atom. The Bertz CT molecular complexity index is 169. The van der Waals surface area contributed by atoms with Crippen LogP contribution in [0.25, 0.3) is 0 Å². The van der Waals surface area contributed by atoms with Gasteiger partial charge < -0.3 is 9.47 Å². The Balaban J connectivity index is 4.02. The molecule has 0 aromatic carbocycles. The highest BCUT2D eigenvalue weighted by Crippen LogP contribution is 2.05. The molecule has 0 unspecified atom stereocenters. The van der Waals surface area contributed by atoms with Gasteiger partial charge in [0.15, 0.2) is 5.78 Å². The first-order valence-corrected chi connectivity index (χ1v) is 4.52. The molecular weight excluding hydrogens is 168 g/mol. The summed E-state index contributed by atoms with van der Waals surface area (Å²) in [6.07, 6.45) is -0.392. The van der Waals surface area contributed by atoms with Crippen LogP contribution in [-0.2, 0) is 14.3 Å². The van der Waals surface area contributed by atoms with E-state index in [-0.39, 0.29) is 5.78 Å². The Morgan fingerprint density at radius 2 is 1.77 bits per heavy atom. The van der Waals surface area contributed by atoms with Crippen LogP contribution in [-0.4, -0.2) is 25.3 Å². The largest absolute Gasteiger partial charge is 0.346 e. The van der Waals surface area contributed by atoms with Crippen LogP contribution in [0, 0.1) is 0 Å². The molecule has 0 spiro atoms. The molecule has 0 atom stereocenters. The summed E-state index contributed by atoms with van der Waals surface area (Å²) in [5.74, 6) is -0.0591. The molecule has 3 heteroatoms. The number of ether oxygens (including phenoxy) is 2. The van der Waals surface area contributed by atoms with E-state index in [1.807, 2.05) is 20.8 Å². The molecule has 0 fully saturated rings. The summed E-state index contributed by atoms with van der Waals surface area (Å²) in [7, 11) is 0. The minimum atomic E-state index is -0.716. The highest BCUT2D eigenvalue weighted by atomic mass is 16.7. The van der Waals surface area contributed by atoms with Crippen LogP contribution in [0.5, 0.6) is 0 Å². The minimum absolute atomic E-state index is 0.0591. The van der Waals surface area contributed by atoms with Crippen LogP contribution in [0.1, 0.15) is 27.2 Å². The number of carbonyl (C=O) groups excluding carboxylic acids is 1. The molecule has 0 heterocycles. The third-order valence-electron chi connectivity index (χ3n) is 1.37. The number of allylic oxidation sites excluding steroid dienone is 1. The first-order valence-electron chi connectivity index (χ1n) is 4.52. The van der Waals surface area contributed by atoms with Gasteiger partial charge >= 0.3 is 0 Å². The summed E-state index contributed by atoms with van der Waals surface area (Å²) in [5, 5.41) is 0. The van der Waals surface area contributed by atoms with Crippen molar-refractivity contribution in [3.05, 3.63) is 12.2 Å². The lowest BCUT2D eigenvalue weighted by Crippen LogP contribution is -2.27. The van der Waals surface area contributed by atoms with Crippen LogP contribution in [0.4, 0.5) is 0 Å². The molecule has 0 aromatic heterocycles. The topological polar surface area (TPSA) is 35.5 Å². The van der Waals surface area contributed by atoms with Crippen LogP contribution in [0.2, 0.25) is 0 Å². The second-order valence-corrected chi connectivity index (χ2v) is 2.84. The van der Waals surface area contributed by atoms with Gasteiger partial charge in [0.1, 0.15) is 0 Å². The van der Waals surface area contributed by atoms with Crippen molar-refractivity contribution in [2.24, 2.45) is 0 Å². The SMILES string of the molecule is C=C(C)CC(=O)C(OCC)OCC. The molecule has 0 amide bonds. The molecule has 76 valence electrons. The van der Waals surface area contributed by atoms with Gasteiger partial charge in [-0.15, -0.1) is 0 Å². The Labute approximate surface area is 79.7 Å². The number of hydrogen-bond acceptors (Lipinski definition) is 3. The molecule has 0 saturated carbocycles. The molecule has 0 rings (SSSR count). The van der Waals surface area contributed by atoms with Gasteiger partial charge in [-0.25, -0.2) is 0 Å². The molecule has 0 aliphatic heterocycles. The van der Waals surface area contributed by atoms with E-state index in [1.165, 1.54) is 0 Å². The number of ketones is 1. The highest BCUT2D eigenvalue weighted by molar-refractivity contribution is 5.83.